The summed E-state index contributed by atoms with van der Waals surface area (Å²) in [5, 5.41) is 11.5. The summed E-state index contributed by atoms with van der Waals surface area (Å²) in [6, 6.07) is 5.70. The van der Waals surface area contributed by atoms with Gasteiger partial charge in [0.25, 0.3) is 5.91 Å². The van der Waals surface area contributed by atoms with Crippen LogP contribution >= 0.6 is 0 Å². The highest BCUT2D eigenvalue weighted by molar-refractivity contribution is 5.96. The second-order valence-electron chi connectivity index (χ2n) is 4.49. The van der Waals surface area contributed by atoms with E-state index in [4.69, 9.17) is 9.84 Å². The van der Waals surface area contributed by atoms with Crippen molar-refractivity contribution >= 4 is 11.9 Å². The highest BCUT2D eigenvalue weighted by atomic mass is 16.5. The van der Waals surface area contributed by atoms with Crippen molar-refractivity contribution in [3.05, 3.63) is 29.8 Å². The molecule has 5 nitrogen and oxygen atoms in total. The molecule has 0 spiro atoms. The maximum Gasteiger partial charge on any atom is 0.326 e. The Bertz CT molecular complexity index is 439. The number of carboxylic acids is 1. The monoisotopic (exact) mass is 265 g/mol. The van der Waals surface area contributed by atoms with Crippen LogP contribution in [0.5, 0.6) is 5.75 Å². The van der Waals surface area contributed by atoms with Gasteiger partial charge in [-0.05, 0) is 37.1 Å². The number of ether oxygens (including phenoxy) is 1. The molecule has 1 amide bonds. The van der Waals surface area contributed by atoms with Gasteiger partial charge in [-0.3, -0.25) is 4.79 Å². The molecule has 5 heteroatoms. The second-order valence-corrected chi connectivity index (χ2v) is 4.49. The summed E-state index contributed by atoms with van der Waals surface area (Å²) in [5.74, 6) is -0.930. The normalized spacial score (nSPS) is 12.0. The van der Waals surface area contributed by atoms with Crippen LogP contribution < -0.4 is 10.1 Å². The molecule has 104 valence electrons. The first-order valence-corrected chi connectivity index (χ1v) is 6.22. The number of hydrogen-bond donors (Lipinski definition) is 2. The van der Waals surface area contributed by atoms with E-state index in [9.17, 15) is 9.59 Å². The van der Waals surface area contributed by atoms with Crippen LogP contribution in [0.25, 0.3) is 0 Å². The molecule has 0 aliphatic carbocycles. The van der Waals surface area contributed by atoms with E-state index in [1.165, 1.54) is 0 Å². The van der Waals surface area contributed by atoms with Gasteiger partial charge in [-0.2, -0.15) is 0 Å². The zero-order chi connectivity index (χ0) is 14.4. The maximum atomic E-state index is 11.9. The molecule has 0 radical (unpaired) electrons. The van der Waals surface area contributed by atoms with Gasteiger partial charge in [0.05, 0.1) is 6.61 Å². The minimum atomic E-state index is -1.03. The number of nitrogens with one attached hydrogen (secondary N) is 1. The van der Waals surface area contributed by atoms with E-state index in [0.717, 1.165) is 0 Å². The van der Waals surface area contributed by atoms with Crippen molar-refractivity contribution in [1.82, 2.24) is 5.32 Å². The number of benzene rings is 1. The Balaban J connectivity index is 2.74. The van der Waals surface area contributed by atoms with E-state index < -0.39 is 17.9 Å². The van der Waals surface area contributed by atoms with Crippen molar-refractivity contribution in [2.45, 2.75) is 26.8 Å². The van der Waals surface area contributed by atoms with E-state index in [1.807, 2.05) is 6.92 Å². The third-order valence-corrected chi connectivity index (χ3v) is 2.65. The first-order chi connectivity index (χ1) is 8.95. The standard InChI is InChI=1S/C14H19NO4/c1-4-19-11-7-5-10(6-8-11)13(16)15-12(9(2)3)14(17)18/h5-9,12H,4H2,1-3H3,(H,15,16)(H,17,18)/t12-/m0/s1. The average Bonchev–Trinajstić information content (AvgIpc) is 2.36. The highest BCUT2D eigenvalue weighted by Crippen LogP contribution is 2.12. The minimum absolute atomic E-state index is 0.177. The predicted molar refractivity (Wildman–Crippen MR) is 71.3 cm³/mol. The molecule has 2 N–H and O–H groups in total. The van der Waals surface area contributed by atoms with Gasteiger partial charge in [-0.25, -0.2) is 4.79 Å². The van der Waals surface area contributed by atoms with Crippen LogP contribution in [-0.2, 0) is 4.79 Å². The fourth-order valence-electron chi connectivity index (χ4n) is 1.61. The number of carbonyl (C=O) groups excluding carboxylic acids is 1. The van der Waals surface area contributed by atoms with Crippen LogP contribution in [0.1, 0.15) is 31.1 Å². The van der Waals surface area contributed by atoms with Gasteiger partial charge >= 0.3 is 5.97 Å². The van der Waals surface area contributed by atoms with Crippen LogP contribution in [0.2, 0.25) is 0 Å². The summed E-state index contributed by atoms with van der Waals surface area (Å²) in [6.45, 7) is 5.93. The SMILES string of the molecule is CCOc1ccc(C(=O)N[C@H](C(=O)O)C(C)C)cc1. The van der Waals surface area contributed by atoms with Crippen LogP contribution in [0, 0.1) is 5.92 Å². The Morgan fingerprint density at radius 3 is 2.26 bits per heavy atom. The molecule has 0 saturated heterocycles. The molecule has 0 saturated carbocycles. The lowest BCUT2D eigenvalue weighted by Crippen LogP contribution is -2.44. The molecule has 19 heavy (non-hydrogen) atoms. The highest BCUT2D eigenvalue weighted by Gasteiger charge is 2.23. The first-order valence-electron chi connectivity index (χ1n) is 6.22. The molecule has 1 atom stereocenters. The summed E-state index contributed by atoms with van der Waals surface area (Å²) in [6.07, 6.45) is 0. The zero-order valence-corrected chi connectivity index (χ0v) is 11.3. The van der Waals surface area contributed by atoms with Gasteiger partial charge in [0, 0.05) is 5.56 Å². The number of rotatable bonds is 6. The van der Waals surface area contributed by atoms with Gasteiger partial charge in [-0.15, -0.1) is 0 Å². The van der Waals surface area contributed by atoms with Crippen LogP contribution in [0.4, 0.5) is 0 Å². The summed E-state index contributed by atoms with van der Waals surface area (Å²) in [5.41, 5.74) is 0.412. The van der Waals surface area contributed by atoms with Gasteiger partial charge < -0.3 is 15.2 Å². The third kappa shape index (κ3) is 4.28. The van der Waals surface area contributed by atoms with E-state index in [1.54, 1.807) is 38.1 Å². The summed E-state index contributed by atoms with van der Waals surface area (Å²) >= 11 is 0. The molecule has 0 aliphatic heterocycles. The largest absolute Gasteiger partial charge is 0.494 e. The Labute approximate surface area is 112 Å². The third-order valence-electron chi connectivity index (χ3n) is 2.65. The Morgan fingerprint density at radius 2 is 1.84 bits per heavy atom. The molecule has 1 aromatic carbocycles. The lowest BCUT2D eigenvalue weighted by molar-refractivity contribution is -0.140. The lowest BCUT2D eigenvalue weighted by Gasteiger charge is -2.17. The van der Waals surface area contributed by atoms with E-state index in [2.05, 4.69) is 5.32 Å². The summed E-state index contributed by atoms with van der Waals surface area (Å²) in [4.78, 5) is 22.9. The smallest absolute Gasteiger partial charge is 0.326 e. The Hall–Kier alpha value is -2.04. The van der Waals surface area contributed by atoms with E-state index >= 15 is 0 Å². The van der Waals surface area contributed by atoms with Gasteiger partial charge in [-0.1, -0.05) is 13.8 Å². The Kier molecular flexibility index (Phi) is 5.36. The molecule has 0 heterocycles. The number of carboxylic acid groups (broad SMARTS) is 1. The predicted octanol–water partition coefficient (Wildman–Crippen LogP) is 1.92. The fourth-order valence-corrected chi connectivity index (χ4v) is 1.61. The topological polar surface area (TPSA) is 75.6 Å². The number of amides is 1. The van der Waals surface area contributed by atoms with Gasteiger partial charge in [0.1, 0.15) is 11.8 Å². The lowest BCUT2D eigenvalue weighted by atomic mass is 10.0. The molecule has 0 fully saturated rings. The first kappa shape index (κ1) is 15.0. The molecular weight excluding hydrogens is 246 g/mol. The summed E-state index contributed by atoms with van der Waals surface area (Å²) in [7, 11) is 0. The number of aliphatic carboxylic acids is 1. The molecule has 0 aromatic heterocycles. The van der Waals surface area contributed by atoms with Crippen LogP contribution in [0.3, 0.4) is 0 Å². The summed E-state index contributed by atoms with van der Waals surface area (Å²) < 4.78 is 5.27. The molecule has 0 aliphatic rings. The Morgan fingerprint density at radius 1 is 1.26 bits per heavy atom. The van der Waals surface area contributed by atoms with Crippen molar-refractivity contribution in [2.24, 2.45) is 5.92 Å². The van der Waals surface area contributed by atoms with Crippen molar-refractivity contribution in [3.63, 3.8) is 0 Å². The minimum Gasteiger partial charge on any atom is -0.494 e. The number of carbonyl (C=O) groups is 2. The van der Waals surface area contributed by atoms with Gasteiger partial charge in [0.2, 0.25) is 0 Å². The van der Waals surface area contributed by atoms with E-state index in [-0.39, 0.29) is 5.92 Å². The maximum absolute atomic E-state index is 11.9. The molecule has 0 bridgehead atoms. The van der Waals surface area contributed by atoms with Crippen LogP contribution in [0.15, 0.2) is 24.3 Å². The van der Waals surface area contributed by atoms with E-state index in [0.29, 0.717) is 17.9 Å². The molecular formula is C14H19NO4. The fraction of sp³-hybridized carbons (Fsp3) is 0.429. The molecule has 0 unspecified atom stereocenters. The van der Waals surface area contributed by atoms with Crippen molar-refractivity contribution < 1.29 is 19.4 Å². The average molecular weight is 265 g/mol. The quantitative estimate of drug-likeness (QED) is 0.824. The van der Waals surface area contributed by atoms with Crippen molar-refractivity contribution in [3.8, 4) is 5.75 Å². The number of hydrogen-bond acceptors (Lipinski definition) is 3. The van der Waals surface area contributed by atoms with Crippen molar-refractivity contribution in [1.29, 1.82) is 0 Å². The van der Waals surface area contributed by atoms with Crippen molar-refractivity contribution in [2.75, 3.05) is 6.61 Å². The second kappa shape index (κ2) is 6.78. The zero-order valence-electron chi connectivity index (χ0n) is 11.3. The van der Waals surface area contributed by atoms with Crippen LogP contribution in [-0.4, -0.2) is 29.6 Å². The molecule has 1 rings (SSSR count). The molecule has 1 aromatic rings. The van der Waals surface area contributed by atoms with Gasteiger partial charge in [0.15, 0.2) is 0 Å².